The van der Waals surface area contributed by atoms with Crippen LogP contribution in [-0.4, -0.2) is 50.5 Å². The maximum atomic E-state index is 11.9. The number of nitrogens with one attached hydrogen (secondary N) is 1. The van der Waals surface area contributed by atoms with Crippen LogP contribution in [0, 0.1) is 11.3 Å². The fraction of sp³-hybridized carbons (Fsp3) is 0.250. The highest BCUT2D eigenvalue weighted by Crippen LogP contribution is 2.29. The lowest BCUT2D eigenvalue weighted by molar-refractivity contribution is -0.117. The van der Waals surface area contributed by atoms with Gasteiger partial charge in [-0.1, -0.05) is 18.2 Å². The number of aliphatic hydroxyl groups is 1. The van der Waals surface area contributed by atoms with Crippen LogP contribution in [-0.2, 0) is 9.53 Å². The second-order valence-electron chi connectivity index (χ2n) is 7.20. The third kappa shape index (κ3) is 4.77. The van der Waals surface area contributed by atoms with Gasteiger partial charge in [-0.05, 0) is 41.1 Å². The molecule has 1 saturated heterocycles. The number of anilines is 1. The molecule has 4 rings (SSSR count). The highest BCUT2D eigenvalue weighted by Gasteiger charge is 2.13. The number of amides is 1. The second-order valence-corrected chi connectivity index (χ2v) is 7.20. The van der Waals surface area contributed by atoms with Gasteiger partial charge < -0.3 is 24.5 Å². The van der Waals surface area contributed by atoms with Crippen molar-refractivity contribution in [1.82, 2.24) is 5.32 Å². The first-order valence-corrected chi connectivity index (χ1v) is 10.2. The van der Waals surface area contributed by atoms with E-state index in [4.69, 9.17) is 14.3 Å². The van der Waals surface area contributed by atoms with E-state index in [1.807, 2.05) is 18.2 Å². The first-order valence-electron chi connectivity index (χ1n) is 10.2. The number of furan rings is 1. The fourth-order valence-corrected chi connectivity index (χ4v) is 3.55. The molecule has 3 aromatic rings. The molecule has 0 spiro atoms. The van der Waals surface area contributed by atoms with Crippen molar-refractivity contribution in [3.63, 3.8) is 0 Å². The van der Waals surface area contributed by atoms with E-state index in [0.717, 1.165) is 42.6 Å². The highest BCUT2D eigenvalue weighted by molar-refractivity contribution is 6.01. The first-order chi connectivity index (χ1) is 15.2. The topological polar surface area (TPSA) is 98.7 Å². The van der Waals surface area contributed by atoms with Crippen LogP contribution in [0.4, 0.5) is 5.69 Å². The molecule has 0 saturated carbocycles. The number of fused-ring (bicyclic) bond motifs is 1. The van der Waals surface area contributed by atoms with Crippen molar-refractivity contribution in [2.45, 2.75) is 0 Å². The van der Waals surface area contributed by atoms with Gasteiger partial charge in [0.2, 0.25) is 0 Å². The number of rotatable bonds is 6. The second kappa shape index (κ2) is 9.47. The Balaban J connectivity index is 1.55. The Kier molecular flexibility index (Phi) is 6.32. The first kappa shape index (κ1) is 20.7. The molecular weight excluding hydrogens is 394 g/mol. The van der Waals surface area contributed by atoms with E-state index in [1.54, 1.807) is 6.07 Å². The van der Waals surface area contributed by atoms with Gasteiger partial charge in [-0.2, -0.15) is 5.26 Å². The maximum absolute atomic E-state index is 11.9. The van der Waals surface area contributed by atoms with Crippen molar-refractivity contribution in [3.05, 3.63) is 59.9 Å². The molecule has 7 heteroatoms. The van der Waals surface area contributed by atoms with E-state index in [-0.39, 0.29) is 18.7 Å². The monoisotopic (exact) mass is 417 g/mol. The molecule has 1 amide bonds. The molecule has 1 aliphatic heterocycles. The Morgan fingerprint density at radius 2 is 1.90 bits per heavy atom. The standard InChI is InChI=1S/C24H23N3O4/c25-16-20(24(29)26-7-10-28)15-22-5-6-23(31-22)19-2-1-18-14-21(4-3-17(18)13-19)27-8-11-30-12-9-27/h1-6,13-15,28H,7-12H2,(H,26,29)/b20-15+. The quantitative estimate of drug-likeness (QED) is 0.473. The number of carbonyl (C=O) groups is 1. The molecule has 31 heavy (non-hydrogen) atoms. The minimum atomic E-state index is -0.545. The third-order valence-electron chi connectivity index (χ3n) is 5.16. The van der Waals surface area contributed by atoms with Gasteiger partial charge in [-0.3, -0.25) is 4.79 Å². The zero-order valence-corrected chi connectivity index (χ0v) is 17.0. The molecule has 2 aromatic carbocycles. The number of ether oxygens (including phenoxy) is 1. The number of benzene rings is 2. The van der Waals surface area contributed by atoms with Crippen molar-refractivity contribution >= 4 is 28.4 Å². The number of carbonyl (C=O) groups excluding carboxylic acids is 1. The Hall–Kier alpha value is -3.60. The van der Waals surface area contributed by atoms with Gasteiger partial charge in [0.05, 0.1) is 19.8 Å². The van der Waals surface area contributed by atoms with Crippen LogP contribution in [0.2, 0.25) is 0 Å². The largest absolute Gasteiger partial charge is 0.457 e. The molecule has 158 valence electrons. The summed E-state index contributed by atoms with van der Waals surface area (Å²) >= 11 is 0. The summed E-state index contributed by atoms with van der Waals surface area (Å²) in [6.45, 7) is 3.20. The van der Waals surface area contributed by atoms with Crippen molar-refractivity contribution < 1.29 is 19.1 Å². The number of nitrogens with zero attached hydrogens (tertiary/aromatic N) is 2. The number of nitriles is 1. The zero-order valence-electron chi connectivity index (χ0n) is 17.0. The lowest BCUT2D eigenvalue weighted by atomic mass is 10.0. The highest BCUT2D eigenvalue weighted by atomic mass is 16.5. The van der Waals surface area contributed by atoms with E-state index in [1.165, 1.54) is 11.8 Å². The number of hydrogen-bond acceptors (Lipinski definition) is 6. The van der Waals surface area contributed by atoms with Crippen LogP contribution >= 0.6 is 0 Å². The average Bonchev–Trinajstić information content (AvgIpc) is 3.29. The molecule has 0 aliphatic carbocycles. The molecule has 1 aromatic heterocycles. The predicted molar refractivity (Wildman–Crippen MR) is 118 cm³/mol. The van der Waals surface area contributed by atoms with Gasteiger partial charge >= 0.3 is 0 Å². The lowest BCUT2D eigenvalue weighted by Gasteiger charge is -2.29. The van der Waals surface area contributed by atoms with Crippen molar-refractivity contribution in [2.24, 2.45) is 0 Å². The van der Waals surface area contributed by atoms with E-state index in [0.29, 0.717) is 11.5 Å². The molecule has 0 atom stereocenters. The molecule has 2 heterocycles. The Bertz CT molecular complexity index is 1150. The van der Waals surface area contributed by atoms with Gasteiger partial charge in [-0.15, -0.1) is 0 Å². The van der Waals surface area contributed by atoms with Crippen LogP contribution in [0.3, 0.4) is 0 Å². The molecule has 0 bridgehead atoms. The van der Waals surface area contributed by atoms with Crippen LogP contribution in [0.1, 0.15) is 5.76 Å². The summed E-state index contributed by atoms with van der Waals surface area (Å²) in [7, 11) is 0. The molecule has 1 fully saturated rings. The van der Waals surface area contributed by atoms with Gasteiger partial charge in [0, 0.05) is 37.0 Å². The molecule has 7 nitrogen and oxygen atoms in total. The van der Waals surface area contributed by atoms with Crippen molar-refractivity contribution in [3.8, 4) is 17.4 Å². The molecular formula is C24H23N3O4. The lowest BCUT2D eigenvalue weighted by Crippen LogP contribution is -2.36. The summed E-state index contributed by atoms with van der Waals surface area (Å²) in [4.78, 5) is 14.3. The summed E-state index contributed by atoms with van der Waals surface area (Å²) in [6.07, 6.45) is 1.39. The molecule has 0 unspecified atom stereocenters. The molecule has 0 radical (unpaired) electrons. The van der Waals surface area contributed by atoms with E-state index in [9.17, 15) is 10.1 Å². The minimum Gasteiger partial charge on any atom is -0.457 e. The van der Waals surface area contributed by atoms with E-state index >= 15 is 0 Å². The smallest absolute Gasteiger partial charge is 0.262 e. The van der Waals surface area contributed by atoms with Crippen LogP contribution in [0.15, 0.2) is 58.5 Å². The number of aliphatic hydroxyl groups excluding tert-OH is 1. The molecule has 1 aliphatic rings. The van der Waals surface area contributed by atoms with Gasteiger partial charge in [0.15, 0.2) is 0 Å². The van der Waals surface area contributed by atoms with Gasteiger partial charge in [-0.25, -0.2) is 0 Å². The predicted octanol–water partition coefficient (Wildman–Crippen LogP) is 2.95. The summed E-state index contributed by atoms with van der Waals surface area (Å²) in [5.74, 6) is 0.517. The Morgan fingerprint density at radius 3 is 2.68 bits per heavy atom. The normalized spacial score (nSPS) is 14.5. The van der Waals surface area contributed by atoms with Crippen molar-refractivity contribution in [1.29, 1.82) is 5.26 Å². The van der Waals surface area contributed by atoms with E-state index < -0.39 is 5.91 Å². The number of morpholine rings is 1. The van der Waals surface area contributed by atoms with Crippen LogP contribution < -0.4 is 10.2 Å². The minimum absolute atomic E-state index is 0.0801. The number of hydrogen-bond donors (Lipinski definition) is 2. The third-order valence-corrected chi connectivity index (χ3v) is 5.16. The molecule has 2 N–H and O–H groups in total. The SMILES string of the molecule is N#C/C(=C\c1ccc(-c2ccc3cc(N4CCOCC4)ccc3c2)o1)C(=O)NCCO. The Morgan fingerprint density at radius 1 is 1.13 bits per heavy atom. The maximum Gasteiger partial charge on any atom is 0.262 e. The Labute approximate surface area is 180 Å². The van der Waals surface area contributed by atoms with Crippen molar-refractivity contribution in [2.75, 3.05) is 44.4 Å². The average molecular weight is 417 g/mol. The van der Waals surface area contributed by atoms with Gasteiger partial charge in [0.25, 0.3) is 5.91 Å². The van der Waals surface area contributed by atoms with E-state index in [2.05, 4.69) is 40.5 Å². The summed E-state index contributed by atoms with van der Waals surface area (Å²) < 4.78 is 11.3. The summed E-state index contributed by atoms with van der Waals surface area (Å²) in [5.41, 5.74) is 2.02. The zero-order chi connectivity index (χ0) is 21.6. The van der Waals surface area contributed by atoms with Crippen LogP contribution in [0.25, 0.3) is 28.2 Å². The summed E-state index contributed by atoms with van der Waals surface area (Å²) in [5, 5.41) is 22.7. The summed E-state index contributed by atoms with van der Waals surface area (Å²) in [6, 6.07) is 17.9. The van der Waals surface area contributed by atoms with Gasteiger partial charge in [0.1, 0.15) is 23.2 Å². The fourth-order valence-electron chi connectivity index (χ4n) is 3.55. The van der Waals surface area contributed by atoms with Crippen LogP contribution in [0.5, 0.6) is 0 Å².